The lowest BCUT2D eigenvalue weighted by atomic mass is 10.3. The summed E-state index contributed by atoms with van der Waals surface area (Å²) in [6.45, 7) is 0.186. The van der Waals surface area contributed by atoms with Crippen molar-refractivity contribution in [1.82, 2.24) is 4.90 Å². The Kier molecular flexibility index (Phi) is 2.54. The van der Waals surface area contributed by atoms with Crippen LogP contribution in [0.5, 0.6) is 0 Å². The number of nitrogens with zero attached hydrogens (tertiary/aromatic N) is 1. The van der Waals surface area contributed by atoms with E-state index < -0.39 is 18.2 Å². The molecular formula is C8H11NO4S. The lowest BCUT2D eigenvalue weighted by molar-refractivity contribution is -0.144. The molecule has 0 radical (unpaired) electrons. The first kappa shape index (κ1) is 9.64. The molecule has 0 aromatic heterocycles. The highest BCUT2D eigenvalue weighted by atomic mass is 32.2. The second-order valence-electron chi connectivity index (χ2n) is 3.33. The van der Waals surface area contributed by atoms with Crippen LogP contribution >= 0.6 is 11.8 Å². The fourth-order valence-corrected chi connectivity index (χ4v) is 2.94. The van der Waals surface area contributed by atoms with E-state index in [1.807, 2.05) is 0 Å². The summed E-state index contributed by atoms with van der Waals surface area (Å²) in [5, 5.41) is 8.80. The van der Waals surface area contributed by atoms with Crippen LogP contribution in [0.25, 0.3) is 0 Å². The minimum absolute atomic E-state index is 0.117. The molecule has 2 atom stereocenters. The molecule has 0 aromatic carbocycles. The number of thioether (sulfide) groups is 1. The summed E-state index contributed by atoms with van der Waals surface area (Å²) >= 11 is 1.69. The van der Waals surface area contributed by atoms with Crippen molar-refractivity contribution in [2.45, 2.75) is 24.3 Å². The molecule has 6 heteroatoms. The number of cyclic esters (lactones) is 1. The number of amides is 1. The third kappa shape index (κ3) is 1.66. The van der Waals surface area contributed by atoms with Crippen LogP contribution in [0.3, 0.4) is 0 Å². The Morgan fingerprint density at radius 3 is 2.93 bits per heavy atom. The highest BCUT2D eigenvalue weighted by molar-refractivity contribution is 8.00. The van der Waals surface area contributed by atoms with E-state index in [1.165, 1.54) is 4.90 Å². The molecule has 2 heterocycles. The zero-order valence-corrected chi connectivity index (χ0v) is 8.33. The molecule has 1 N–H and O–H groups in total. The molecule has 0 aliphatic carbocycles. The van der Waals surface area contributed by atoms with Crippen LogP contribution in [0.2, 0.25) is 0 Å². The maximum atomic E-state index is 11.3. The second-order valence-corrected chi connectivity index (χ2v) is 4.62. The van der Waals surface area contributed by atoms with E-state index in [2.05, 4.69) is 0 Å². The van der Waals surface area contributed by atoms with Crippen LogP contribution in [-0.4, -0.2) is 45.8 Å². The molecule has 0 spiro atoms. The van der Waals surface area contributed by atoms with E-state index in [0.717, 1.165) is 18.6 Å². The first-order chi connectivity index (χ1) is 6.68. The lowest BCUT2D eigenvalue weighted by Crippen LogP contribution is -2.33. The molecular weight excluding hydrogens is 206 g/mol. The summed E-state index contributed by atoms with van der Waals surface area (Å²) in [5.41, 5.74) is 0. The first-order valence-corrected chi connectivity index (χ1v) is 5.55. The van der Waals surface area contributed by atoms with Crippen molar-refractivity contribution >= 4 is 23.8 Å². The maximum absolute atomic E-state index is 11.3. The van der Waals surface area contributed by atoms with Gasteiger partial charge in [-0.2, -0.15) is 0 Å². The van der Waals surface area contributed by atoms with Gasteiger partial charge in [0.25, 0.3) is 0 Å². The molecule has 0 bridgehead atoms. The van der Waals surface area contributed by atoms with E-state index in [-0.39, 0.29) is 11.9 Å². The summed E-state index contributed by atoms with van der Waals surface area (Å²) in [7, 11) is 0. The van der Waals surface area contributed by atoms with E-state index in [0.29, 0.717) is 0 Å². The summed E-state index contributed by atoms with van der Waals surface area (Å²) in [6, 6.07) is 0. The van der Waals surface area contributed by atoms with Crippen molar-refractivity contribution in [3.8, 4) is 0 Å². The van der Waals surface area contributed by atoms with Gasteiger partial charge in [-0.25, -0.2) is 9.59 Å². The molecule has 2 rings (SSSR count). The van der Waals surface area contributed by atoms with Crippen molar-refractivity contribution in [2.75, 3.05) is 12.3 Å². The Bertz CT molecular complexity index is 264. The van der Waals surface area contributed by atoms with Gasteiger partial charge in [-0.1, -0.05) is 0 Å². The van der Waals surface area contributed by atoms with Gasteiger partial charge in [-0.15, -0.1) is 11.8 Å². The molecule has 78 valence electrons. The molecule has 0 aromatic rings. The zero-order chi connectivity index (χ0) is 10.1. The van der Waals surface area contributed by atoms with Gasteiger partial charge >= 0.3 is 12.1 Å². The van der Waals surface area contributed by atoms with Crippen LogP contribution in [-0.2, 0) is 9.53 Å². The SMILES string of the molecule is O=C(O)[C@H]1CN(C2CCCS2)C(=O)O1. The van der Waals surface area contributed by atoms with Crippen molar-refractivity contribution in [3.05, 3.63) is 0 Å². The Morgan fingerprint density at radius 1 is 1.64 bits per heavy atom. The molecule has 1 amide bonds. The molecule has 2 aliphatic rings. The Labute approximate surface area is 85.4 Å². The standard InChI is InChI=1S/C8H11NO4S/c10-7(11)5-4-9(8(12)13-5)6-2-1-3-14-6/h5-6H,1-4H2,(H,10,11)/t5-,6?/m1/s1. The number of carboxylic acids is 1. The normalized spacial score (nSPS) is 32.0. The highest BCUT2D eigenvalue weighted by Crippen LogP contribution is 2.31. The van der Waals surface area contributed by atoms with Gasteiger partial charge < -0.3 is 9.84 Å². The number of hydrogen-bond donors (Lipinski definition) is 1. The van der Waals surface area contributed by atoms with Gasteiger partial charge in [0.15, 0.2) is 0 Å². The van der Waals surface area contributed by atoms with Gasteiger partial charge in [0, 0.05) is 0 Å². The van der Waals surface area contributed by atoms with Crippen LogP contribution in [0.1, 0.15) is 12.8 Å². The number of rotatable bonds is 2. The average molecular weight is 217 g/mol. The topological polar surface area (TPSA) is 66.8 Å². The van der Waals surface area contributed by atoms with Gasteiger partial charge in [-0.3, -0.25) is 4.90 Å². The van der Waals surface area contributed by atoms with Crippen molar-refractivity contribution in [2.24, 2.45) is 0 Å². The number of carboxylic acid groups (broad SMARTS) is 1. The molecule has 5 nitrogen and oxygen atoms in total. The van der Waals surface area contributed by atoms with Crippen molar-refractivity contribution in [3.63, 3.8) is 0 Å². The predicted molar refractivity (Wildman–Crippen MR) is 50.1 cm³/mol. The largest absolute Gasteiger partial charge is 0.478 e. The van der Waals surface area contributed by atoms with Gasteiger partial charge in [0.2, 0.25) is 6.10 Å². The summed E-state index contributed by atoms with van der Waals surface area (Å²) in [6.07, 6.45) is 0.545. The summed E-state index contributed by atoms with van der Waals surface area (Å²) in [5.74, 6) is -0.0320. The summed E-state index contributed by atoms with van der Waals surface area (Å²) < 4.78 is 4.72. The predicted octanol–water partition coefficient (Wildman–Crippen LogP) is 0.745. The monoisotopic (exact) mass is 217 g/mol. The van der Waals surface area contributed by atoms with Crippen LogP contribution in [0.15, 0.2) is 0 Å². The van der Waals surface area contributed by atoms with Crippen LogP contribution in [0.4, 0.5) is 4.79 Å². The van der Waals surface area contributed by atoms with Crippen LogP contribution < -0.4 is 0 Å². The summed E-state index contributed by atoms with van der Waals surface area (Å²) in [4.78, 5) is 23.4. The third-order valence-corrected chi connectivity index (χ3v) is 3.77. The maximum Gasteiger partial charge on any atom is 0.411 e. The van der Waals surface area contributed by atoms with Gasteiger partial charge in [0.1, 0.15) is 0 Å². The lowest BCUT2D eigenvalue weighted by Gasteiger charge is -2.19. The minimum atomic E-state index is -1.07. The molecule has 2 fully saturated rings. The van der Waals surface area contributed by atoms with Crippen LogP contribution in [0, 0.1) is 0 Å². The first-order valence-electron chi connectivity index (χ1n) is 4.50. The van der Waals surface area contributed by atoms with E-state index in [1.54, 1.807) is 11.8 Å². The Hall–Kier alpha value is -0.910. The third-order valence-electron chi connectivity index (χ3n) is 2.37. The number of carbonyl (C=O) groups is 2. The zero-order valence-electron chi connectivity index (χ0n) is 7.51. The minimum Gasteiger partial charge on any atom is -0.478 e. The average Bonchev–Trinajstić information content (AvgIpc) is 2.71. The van der Waals surface area contributed by atoms with Crippen molar-refractivity contribution < 1.29 is 19.4 Å². The molecule has 0 saturated carbocycles. The van der Waals surface area contributed by atoms with E-state index in [9.17, 15) is 9.59 Å². The Balaban J connectivity index is 2.00. The van der Waals surface area contributed by atoms with Crippen molar-refractivity contribution in [1.29, 1.82) is 0 Å². The number of carbonyl (C=O) groups excluding carboxylic acids is 1. The Morgan fingerprint density at radius 2 is 2.43 bits per heavy atom. The van der Waals surface area contributed by atoms with Gasteiger partial charge in [-0.05, 0) is 18.6 Å². The fourth-order valence-electron chi connectivity index (χ4n) is 1.65. The fraction of sp³-hybridized carbons (Fsp3) is 0.750. The second kappa shape index (κ2) is 3.68. The molecule has 2 aliphatic heterocycles. The molecule has 2 saturated heterocycles. The van der Waals surface area contributed by atoms with E-state index in [4.69, 9.17) is 9.84 Å². The number of aliphatic carboxylic acids is 1. The smallest absolute Gasteiger partial charge is 0.411 e. The highest BCUT2D eigenvalue weighted by Gasteiger charge is 2.40. The molecule has 1 unspecified atom stereocenters. The quantitative estimate of drug-likeness (QED) is 0.739. The van der Waals surface area contributed by atoms with E-state index >= 15 is 0 Å². The number of ether oxygens (including phenoxy) is 1. The van der Waals surface area contributed by atoms with Gasteiger partial charge in [0.05, 0.1) is 11.9 Å². The molecule has 14 heavy (non-hydrogen) atoms. The number of hydrogen-bond acceptors (Lipinski definition) is 4.